The van der Waals surface area contributed by atoms with Gasteiger partial charge in [-0.3, -0.25) is 4.31 Å². The molecule has 0 aliphatic carbocycles. The molecule has 0 saturated heterocycles. The van der Waals surface area contributed by atoms with E-state index in [2.05, 4.69) is 19.9 Å². The van der Waals surface area contributed by atoms with E-state index in [0.717, 1.165) is 41.8 Å². The molecule has 28 heavy (non-hydrogen) atoms. The van der Waals surface area contributed by atoms with Crippen molar-refractivity contribution < 1.29 is 17.9 Å². The van der Waals surface area contributed by atoms with Crippen LogP contribution < -0.4 is 13.8 Å². The van der Waals surface area contributed by atoms with Crippen molar-refractivity contribution in [2.45, 2.75) is 45.1 Å². The fraction of sp³-hybridized carbons (Fsp3) is 0.455. The fourth-order valence-electron chi connectivity index (χ4n) is 4.02. The molecule has 4 rings (SSSR count). The first kappa shape index (κ1) is 19.1. The van der Waals surface area contributed by atoms with Crippen molar-refractivity contribution in [3.8, 4) is 11.5 Å². The minimum atomic E-state index is -3.36. The van der Waals surface area contributed by atoms with E-state index in [-0.39, 0.29) is 11.4 Å². The van der Waals surface area contributed by atoms with Gasteiger partial charge < -0.3 is 9.47 Å². The van der Waals surface area contributed by atoms with E-state index in [9.17, 15) is 8.42 Å². The van der Waals surface area contributed by atoms with Gasteiger partial charge in [-0.25, -0.2) is 8.42 Å². The zero-order valence-electron chi connectivity index (χ0n) is 16.5. The molecule has 0 spiro atoms. The summed E-state index contributed by atoms with van der Waals surface area (Å²) >= 11 is 0. The van der Waals surface area contributed by atoms with Crippen molar-refractivity contribution in [2.24, 2.45) is 0 Å². The average Bonchev–Trinajstić information content (AvgIpc) is 2.99. The molecule has 0 bridgehead atoms. The van der Waals surface area contributed by atoms with Crippen molar-refractivity contribution in [1.82, 2.24) is 0 Å². The van der Waals surface area contributed by atoms with Crippen LogP contribution in [0.3, 0.4) is 0 Å². The molecule has 2 aromatic carbocycles. The van der Waals surface area contributed by atoms with E-state index in [1.54, 1.807) is 4.31 Å². The summed E-state index contributed by atoms with van der Waals surface area (Å²) in [4.78, 5) is 0. The monoisotopic (exact) mass is 401 g/mol. The predicted octanol–water partition coefficient (Wildman–Crippen LogP) is 3.95. The van der Waals surface area contributed by atoms with Crippen molar-refractivity contribution in [3.63, 3.8) is 0 Å². The Balaban J connectivity index is 1.37. The summed E-state index contributed by atoms with van der Waals surface area (Å²) in [5.41, 5.74) is 2.84. The van der Waals surface area contributed by atoms with Gasteiger partial charge in [-0.15, -0.1) is 0 Å². The van der Waals surface area contributed by atoms with Crippen molar-refractivity contribution >= 4 is 15.7 Å². The third-order valence-electron chi connectivity index (χ3n) is 5.26. The van der Waals surface area contributed by atoms with Crippen LogP contribution in [0.15, 0.2) is 42.5 Å². The van der Waals surface area contributed by atoms with E-state index >= 15 is 0 Å². The molecule has 0 unspecified atom stereocenters. The number of hydrogen-bond donors (Lipinski definition) is 0. The van der Waals surface area contributed by atoms with Gasteiger partial charge in [0, 0.05) is 18.5 Å². The second kappa shape index (κ2) is 7.32. The van der Waals surface area contributed by atoms with Gasteiger partial charge in [-0.05, 0) is 50.8 Å². The first-order valence-corrected chi connectivity index (χ1v) is 11.5. The number of para-hydroxylation sites is 2. The van der Waals surface area contributed by atoms with Crippen molar-refractivity contribution in [3.05, 3.63) is 53.6 Å². The molecular weight excluding hydrogens is 374 g/mol. The highest BCUT2D eigenvalue weighted by atomic mass is 32.2. The number of aryl methyl sites for hydroxylation is 1. The number of benzene rings is 2. The molecule has 2 aromatic rings. The number of fused-ring (bicyclic) bond motifs is 2. The quantitative estimate of drug-likeness (QED) is 0.688. The second-order valence-electron chi connectivity index (χ2n) is 8.11. The number of ether oxygens (including phenoxy) is 2. The van der Waals surface area contributed by atoms with E-state index < -0.39 is 10.0 Å². The maximum absolute atomic E-state index is 12.9. The fourth-order valence-corrected chi connectivity index (χ4v) is 5.61. The lowest BCUT2D eigenvalue weighted by molar-refractivity contribution is 0.132. The lowest BCUT2D eigenvalue weighted by Gasteiger charge is -2.30. The van der Waals surface area contributed by atoms with Gasteiger partial charge in [0.25, 0.3) is 0 Å². The van der Waals surface area contributed by atoms with E-state index in [1.807, 2.05) is 36.4 Å². The van der Waals surface area contributed by atoms with Crippen LogP contribution in [0, 0.1) is 0 Å². The predicted molar refractivity (Wildman–Crippen MR) is 111 cm³/mol. The van der Waals surface area contributed by atoms with Gasteiger partial charge in [-0.1, -0.05) is 30.3 Å². The minimum Gasteiger partial charge on any atom is -0.490 e. The highest BCUT2D eigenvalue weighted by molar-refractivity contribution is 7.92. The Labute approximate surface area is 167 Å². The molecule has 0 radical (unpaired) electrons. The van der Waals surface area contributed by atoms with E-state index in [4.69, 9.17) is 9.47 Å². The maximum atomic E-state index is 12.9. The number of rotatable bonds is 6. The minimum absolute atomic E-state index is 0.0721. The van der Waals surface area contributed by atoms with Gasteiger partial charge in [0.15, 0.2) is 11.5 Å². The number of nitrogens with zero attached hydrogens (tertiary/aromatic N) is 1. The van der Waals surface area contributed by atoms with E-state index in [1.165, 1.54) is 0 Å². The first-order valence-electron chi connectivity index (χ1n) is 9.88. The lowest BCUT2D eigenvalue weighted by atomic mass is 10.0. The maximum Gasteiger partial charge on any atom is 0.235 e. The van der Waals surface area contributed by atoms with Crippen LogP contribution in [-0.2, 0) is 22.9 Å². The Morgan fingerprint density at radius 2 is 1.89 bits per heavy atom. The van der Waals surface area contributed by atoms with Crippen LogP contribution in [-0.4, -0.2) is 32.9 Å². The topological polar surface area (TPSA) is 55.8 Å². The molecule has 150 valence electrons. The van der Waals surface area contributed by atoms with E-state index in [0.29, 0.717) is 25.3 Å². The zero-order chi connectivity index (χ0) is 19.8. The molecule has 5 nitrogen and oxygen atoms in total. The Kier molecular flexibility index (Phi) is 5.00. The highest BCUT2D eigenvalue weighted by Crippen LogP contribution is 2.41. The second-order valence-corrected chi connectivity index (χ2v) is 10.1. The molecular formula is C22H27NO4S. The summed E-state index contributed by atoms with van der Waals surface area (Å²) in [7, 11) is -3.36. The van der Waals surface area contributed by atoms with Crippen LogP contribution in [0.5, 0.6) is 11.5 Å². The summed E-state index contributed by atoms with van der Waals surface area (Å²) in [5, 5.41) is 0. The number of hydrogen-bond acceptors (Lipinski definition) is 4. The Bertz CT molecular complexity index is 968. The summed E-state index contributed by atoms with van der Waals surface area (Å²) in [6, 6.07) is 13.7. The summed E-state index contributed by atoms with van der Waals surface area (Å²) in [5.74, 6) is 1.56. The van der Waals surface area contributed by atoms with Gasteiger partial charge >= 0.3 is 0 Å². The standard InChI is InChI=1S/C22H27NO4S/c1-22(2)16-18-9-5-12-20(21(18)27-22)26-14-7-15-28(24,25)23-13-6-10-17-8-3-4-11-19(17)23/h3-5,8-9,11-12H,6-7,10,13-16H2,1-2H3. The molecule has 0 aromatic heterocycles. The largest absolute Gasteiger partial charge is 0.490 e. The Morgan fingerprint density at radius 1 is 1.11 bits per heavy atom. The molecule has 2 aliphatic heterocycles. The van der Waals surface area contributed by atoms with Crippen molar-refractivity contribution in [1.29, 1.82) is 0 Å². The lowest BCUT2D eigenvalue weighted by Crippen LogP contribution is -2.37. The molecule has 2 heterocycles. The van der Waals surface area contributed by atoms with Crippen LogP contribution in [0.4, 0.5) is 5.69 Å². The molecule has 0 saturated carbocycles. The molecule has 0 fully saturated rings. The summed E-state index contributed by atoms with van der Waals surface area (Å²) < 4.78 is 39.2. The smallest absolute Gasteiger partial charge is 0.235 e. The average molecular weight is 402 g/mol. The Hall–Kier alpha value is -2.21. The number of sulfonamides is 1. The molecule has 0 atom stereocenters. The van der Waals surface area contributed by atoms with Gasteiger partial charge in [0.05, 0.1) is 18.0 Å². The SMILES string of the molecule is CC1(C)Cc2cccc(OCCCS(=O)(=O)N3CCCc4ccccc43)c2O1. The summed E-state index contributed by atoms with van der Waals surface area (Å²) in [6.45, 7) is 5.00. The van der Waals surface area contributed by atoms with Gasteiger partial charge in [-0.2, -0.15) is 0 Å². The van der Waals surface area contributed by atoms with Gasteiger partial charge in [0.2, 0.25) is 10.0 Å². The van der Waals surface area contributed by atoms with Crippen LogP contribution in [0.25, 0.3) is 0 Å². The molecule has 6 heteroatoms. The number of anilines is 1. The third kappa shape index (κ3) is 3.83. The van der Waals surface area contributed by atoms with Crippen LogP contribution in [0.2, 0.25) is 0 Å². The molecule has 0 amide bonds. The van der Waals surface area contributed by atoms with Crippen molar-refractivity contribution in [2.75, 3.05) is 23.2 Å². The molecule has 0 N–H and O–H groups in total. The van der Waals surface area contributed by atoms with Crippen LogP contribution >= 0.6 is 0 Å². The third-order valence-corrected chi connectivity index (χ3v) is 7.12. The van der Waals surface area contributed by atoms with Crippen LogP contribution in [0.1, 0.15) is 37.8 Å². The van der Waals surface area contributed by atoms with Gasteiger partial charge in [0.1, 0.15) is 5.60 Å². The normalized spacial score (nSPS) is 17.6. The zero-order valence-corrected chi connectivity index (χ0v) is 17.3. The highest BCUT2D eigenvalue weighted by Gasteiger charge is 2.32. The Morgan fingerprint density at radius 3 is 2.75 bits per heavy atom. The summed E-state index contributed by atoms with van der Waals surface area (Å²) in [6.07, 6.45) is 3.08. The first-order chi connectivity index (χ1) is 13.4. The molecule has 2 aliphatic rings.